The third-order valence-electron chi connectivity index (χ3n) is 5.19. The van der Waals surface area contributed by atoms with Crippen molar-refractivity contribution in [1.29, 1.82) is 0 Å². The van der Waals surface area contributed by atoms with Gasteiger partial charge in [0.25, 0.3) is 0 Å². The number of hydrogen-bond donors (Lipinski definition) is 2. The number of unbranched alkanes of at least 4 members (excludes halogenated alkanes) is 3. The molecule has 0 saturated heterocycles. The van der Waals surface area contributed by atoms with E-state index in [0.29, 0.717) is 12.8 Å². The molecule has 146 valence electrons. The maximum Gasteiger partial charge on any atom is 0.306 e. The van der Waals surface area contributed by atoms with Crippen LogP contribution in [0.4, 0.5) is 0 Å². The Hall–Kier alpha value is -1.39. The molecular formula is C22H34O4. The molecule has 1 heterocycles. The molecule has 0 unspecified atom stereocenters. The van der Waals surface area contributed by atoms with Gasteiger partial charge in [0.05, 0.1) is 12.2 Å². The second-order valence-corrected chi connectivity index (χ2v) is 7.48. The summed E-state index contributed by atoms with van der Waals surface area (Å²) in [5.41, 5.74) is 0. The van der Waals surface area contributed by atoms with Crippen molar-refractivity contribution in [3.05, 3.63) is 36.5 Å². The Morgan fingerprint density at radius 1 is 1.23 bits per heavy atom. The lowest BCUT2D eigenvalue weighted by atomic mass is 10.0. The fourth-order valence-electron chi connectivity index (χ4n) is 3.47. The van der Waals surface area contributed by atoms with Crippen molar-refractivity contribution in [2.24, 2.45) is 11.8 Å². The molecule has 0 aromatic rings. The number of hydrogen-bond acceptors (Lipinski definition) is 4. The van der Waals surface area contributed by atoms with Gasteiger partial charge in [0.1, 0.15) is 6.10 Å². The molecule has 0 aromatic carbocycles. The second kappa shape index (κ2) is 11.3. The van der Waals surface area contributed by atoms with Crippen LogP contribution >= 0.6 is 0 Å². The predicted molar refractivity (Wildman–Crippen MR) is 104 cm³/mol. The largest absolute Gasteiger partial charge is 0.462 e. The highest BCUT2D eigenvalue weighted by atomic mass is 16.5. The van der Waals surface area contributed by atoms with Crippen LogP contribution in [0.3, 0.4) is 0 Å². The molecule has 4 heteroatoms. The zero-order chi connectivity index (χ0) is 18.8. The van der Waals surface area contributed by atoms with Gasteiger partial charge in [0.2, 0.25) is 0 Å². The molecule has 1 aliphatic heterocycles. The third-order valence-corrected chi connectivity index (χ3v) is 5.19. The first-order valence-corrected chi connectivity index (χ1v) is 10.2. The van der Waals surface area contributed by atoms with Gasteiger partial charge in [-0.2, -0.15) is 0 Å². The Kier molecular flexibility index (Phi) is 9.13. The van der Waals surface area contributed by atoms with Gasteiger partial charge in [-0.05, 0) is 38.0 Å². The summed E-state index contributed by atoms with van der Waals surface area (Å²) in [6.45, 7) is 2.19. The zero-order valence-corrected chi connectivity index (χ0v) is 15.9. The third kappa shape index (κ3) is 7.46. The molecular weight excluding hydrogens is 328 g/mol. The van der Waals surface area contributed by atoms with E-state index in [2.05, 4.69) is 19.1 Å². The fraction of sp³-hybridized carbons (Fsp3) is 0.682. The fourth-order valence-corrected chi connectivity index (χ4v) is 3.47. The van der Waals surface area contributed by atoms with E-state index in [-0.39, 0.29) is 23.9 Å². The van der Waals surface area contributed by atoms with Crippen LogP contribution in [0.5, 0.6) is 0 Å². The summed E-state index contributed by atoms with van der Waals surface area (Å²) in [6, 6.07) is 0. The zero-order valence-electron chi connectivity index (χ0n) is 15.9. The first-order chi connectivity index (χ1) is 12.6. The number of allylic oxidation sites excluding steroid dienone is 2. The van der Waals surface area contributed by atoms with Gasteiger partial charge in [-0.25, -0.2) is 0 Å². The summed E-state index contributed by atoms with van der Waals surface area (Å²) in [6.07, 6.45) is 18.4. The first kappa shape index (κ1) is 20.9. The normalized spacial score (nSPS) is 30.0. The maximum absolute atomic E-state index is 11.7. The minimum atomic E-state index is -0.587. The van der Waals surface area contributed by atoms with Crippen LogP contribution in [0.2, 0.25) is 0 Å². The van der Waals surface area contributed by atoms with Gasteiger partial charge in [-0.1, -0.05) is 56.2 Å². The number of rotatable bonds is 10. The molecule has 1 saturated carbocycles. The van der Waals surface area contributed by atoms with Gasteiger partial charge in [0.15, 0.2) is 0 Å². The smallest absolute Gasteiger partial charge is 0.306 e. The molecule has 5 atom stereocenters. The van der Waals surface area contributed by atoms with Crippen molar-refractivity contribution >= 4 is 5.97 Å². The van der Waals surface area contributed by atoms with E-state index in [1.807, 2.05) is 12.2 Å². The Bertz CT molecular complexity index is 508. The van der Waals surface area contributed by atoms with Gasteiger partial charge < -0.3 is 14.9 Å². The molecule has 0 bridgehead atoms. The van der Waals surface area contributed by atoms with Gasteiger partial charge in [0, 0.05) is 18.8 Å². The number of carbonyl (C=O) groups is 1. The van der Waals surface area contributed by atoms with Crippen molar-refractivity contribution in [1.82, 2.24) is 0 Å². The molecule has 1 fully saturated rings. The highest BCUT2D eigenvalue weighted by Crippen LogP contribution is 2.46. The maximum atomic E-state index is 11.7. The Morgan fingerprint density at radius 3 is 2.88 bits per heavy atom. The van der Waals surface area contributed by atoms with E-state index in [0.717, 1.165) is 25.7 Å². The van der Waals surface area contributed by atoms with E-state index in [1.54, 1.807) is 12.2 Å². The lowest BCUT2D eigenvalue weighted by Gasteiger charge is -2.19. The van der Waals surface area contributed by atoms with Gasteiger partial charge >= 0.3 is 5.97 Å². The number of esters is 1. The Morgan fingerprint density at radius 2 is 2.08 bits per heavy atom. The monoisotopic (exact) mass is 362 g/mol. The predicted octanol–water partition coefficient (Wildman–Crippen LogP) is 4.08. The molecule has 0 aromatic heterocycles. The highest BCUT2D eigenvalue weighted by molar-refractivity contribution is 5.70. The highest BCUT2D eigenvalue weighted by Gasteiger charge is 2.47. The van der Waals surface area contributed by atoms with E-state index in [4.69, 9.17) is 4.74 Å². The van der Waals surface area contributed by atoms with Crippen LogP contribution in [-0.4, -0.2) is 34.5 Å². The van der Waals surface area contributed by atoms with Crippen LogP contribution in [0.1, 0.15) is 64.7 Å². The summed E-state index contributed by atoms with van der Waals surface area (Å²) >= 11 is 0. The number of ether oxygens (including phenoxy) is 1. The Balaban J connectivity index is 1.70. The van der Waals surface area contributed by atoms with Gasteiger partial charge in [-0.3, -0.25) is 4.79 Å². The molecule has 26 heavy (non-hydrogen) atoms. The van der Waals surface area contributed by atoms with Crippen molar-refractivity contribution < 1.29 is 19.7 Å². The van der Waals surface area contributed by atoms with Gasteiger partial charge in [-0.15, -0.1) is 0 Å². The van der Waals surface area contributed by atoms with Crippen LogP contribution in [-0.2, 0) is 9.53 Å². The lowest BCUT2D eigenvalue weighted by molar-refractivity contribution is -0.150. The number of carbonyl (C=O) groups excluding carboxylic acids is 1. The summed E-state index contributed by atoms with van der Waals surface area (Å²) in [7, 11) is 0. The standard InChI is InChI=1S/C22H34O4/c1-2-3-4-5-6-8-11-17(23)14-15-20(24)18-16-19(18)21-12-9-7-10-13-22(25)26-21/h6-9,14-15,17-21,23-24H,2-5,10-13,16H2,1H3/b8-6-,9-7-,15-14+/t17-,18+,19+,20+,21+/m0/s1. The summed E-state index contributed by atoms with van der Waals surface area (Å²) in [5, 5.41) is 20.3. The molecule has 4 nitrogen and oxygen atoms in total. The number of aliphatic hydroxyl groups is 2. The average molecular weight is 363 g/mol. The quantitative estimate of drug-likeness (QED) is 0.349. The van der Waals surface area contributed by atoms with Crippen LogP contribution in [0.15, 0.2) is 36.5 Å². The minimum absolute atomic E-state index is 0.119. The summed E-state index contributed by atoms with van der Waals surface area (Å²) in [4.78, 5) is 11.7. The summed E-state index contributed by atoms with van der Waals surface area (Å²) < 4.78 is 5.53. The molecule has 1 aliphatic carbocycles. The SMILES string of the molecule is CCCCC/C=C\C[C@H](O)/C=C/[C@@H](O)[C@@H]1C[C@H]1[C@H]1C/C=C\CCC(=O)O1. The van der Waals surface area contributed by atoms with Crippen molar-refractivity contribution in [3.8, 4) is 0 Å². The van der Waals surface area contributed by atoms with Crippen molar-refractivity contribution in [2.45, 2.75) is 83.0 Å². The molecule has 2 aliphatic rings. The second-order valence-electron chi connectivity index (χ2n) is 7.48. The summed E-state index contributed by atoms with van der Waals surface area (Å²) in [5.74, 6) is 0.196. The Labute approximate surface area is 157 Å². The number of aliphatic hydroxyl groups excluding tert-OH is 2. The molecule has 0 amide bonds. The van der Waals surface area contributed by atoms with E-state index in [9.17, 15) is 15.0 Å². The minimum Gasteiger partial charge on any atom is -0.462 e. The first-order valence-electron chi connectivity index (χ1n) is 10.2. The van der Waals surface area contributed by atoms with E-state index in [1.165, 1.54) is 19.3 Å². The lowest BCUT2D eigenvalue weighted by Crippen LogP contribution is -2.23. The van der Waals surface area contributed by atoms with Crippen LogP contribution in [0, 0.1) is 11.8 Å². The topological polar surface area (TPSA) is 66.8 Å². The molecule has 0 radical (unpaired) electrons. The molecule has 2 rings (SSSR count). The average Bonchev–Trinajstić information content (AvgIpc) is 3.39. The van der Waals surface area contributed by atoms with Crippen molar-refractivity contribution in [3.63, 3.8) is 0 Å². The van der Waals surface area contributed by atoms with Crippen molar-refractivity contribution in [2.75, 3.05) is 0 Å². The van der Waals surface area contributed by atoms with Crippen LogP contribution in [0.25, 0.3) is 0 Å². The molecule has 2 N–H and O–H groups in total. The van der Waals surface area contributed by atoms with E-state index >= 15 is 0 Å². The molecule has 0 spiro atoms. The number of cyclic esters (lactones) is 1. The van der Waals surface area contributed by atoms with E-state index < -0.39 is 12.2 Å². The van der Waals surface area contributed by atoms with Crippen LogP contribution < -0.4 is 0 Å².